The standard InChI is InChI=1S/C18H18ClNO3.C17H16ClNO4/c1-11(21)18(2,3)9-16(23)17-15(22)8-13(10-20-17)12-5-4-6-14(19)7-12;1-17(2,16(22)23)8-14(21)15-13(20)7-11(9-19-15)10-4-3-5-12(18)6-10/h4-8,10,22H,9H2,1-3H3;3-7,9,20H,8H2,1-2H3,(H,22,23). The van der Waals surface area contributed by atoms with Gasteiger partial charge in [-0.3, -0.25) is 19.2 Å². The van der Waals surface area contributed by atoms with Gasteiger partial charge in [0, 0.05) is 51.8 Å². The highest BCUT2D eigenvalue weighted by Gasteiger charge is 2.32. The molecule has 0 saturated carbocycles. The SMILES string of the molecule is CC(=O)C(C)(C)CC(=O)c1ncc(-c2cccc(Cl)c2)cc1O.CC(C)(CC(=O)c1ncc(-c2cccc(Cl)c2)cc1O)C(=O)O. The van der Waals surface area contributed by atoms with Gasteiger partial charge in [0.15, 0.2) is 11.6 Å². The van der Waals surface area contributed by atoms with Crippen LogP contribution in [0, 0.1) is 10.8 Å². The number of aliphatic carboxylic acids is 1. The summed E-state index contributed by atoms with van der Waals surface area (Å²) in [7, 11) is 0. The molecule has 0 aliphatic carbocycles. The number of Topliss-reactive ketones (excluding diaryl/α,β-unsaturated/α-hetero) is 3. The molecule has 0 bridgehead atoms. The number of carbonyl (C=O) groups excluding carboxylic acids is 3. The smallest absolute Gasteiger partial charge is 0.309 e. The minimum Gasteiger partial charge on any atom is -0.506 e. The van der Waals surface area contributed by atoms with Gasteiger partial charge < -0.3 is 15.3 Å². The monoisotopic (exact) mass is 664 g/mol. The van der Waals surface area contributed by atoms with Crippen LogP contribution in [0.5, 0.6) is 11.5 Å². The van der Waals surface area contributed by atoms with Gasteiger partial charge in [0.25, 0.3) is 0 Å². The molecule has 0 unspecified atom stereocenters. The summed E-state index contributed by atoms with van der Waals surface area (Å²) in [5.41, 5.74) is 0.656. The molecule has 2 aromatic heterocycles. The van der Waals surface area contributed by atoms with Gasteiger partial charge in [-0.25, -0.2) is 9.97 Å². The molecular formula is C35H34Cl2N2O7. The molecule has 0 radical (unpaired) electrons. The van der Waals surface area contributed by atoms with Gasteiger partial charge >= 0.3 is 5.97 Å². The molecular weight excluding hydrogens is 631 g/mol. The molecule has 3 N–H and O–H groups in total. The Morgan fingerprint density at radius 3 is 1.37 bits per heavy atom. The van der Waals surface area contributed by atoms with E-state index in [2.05, 4.69) is 9.97 Å². The van der Waals surface area contributed by atoms with Crippen LogP contribution in [0.25, 0.3) is 22.3 Å². The molecule has 9 nitrogen and oxygen atoms in total. The number of benzene rings is 2. The maximum absolute atomic E-state index is 12.3. The fourth-order valence-electron chi connectivity index (χ4n) is 4.16. The second-order valence-corrected chi connectivity index (χ2v) is 12.9. The number of ketones is 3. The third-order valence-corrected chi connectivity index (χ3v) is 7.79. The van der Waals surface area contributed by atoms with E-state index in [1.54, 1.807) is 56.3 Å². The van der Waals surface area contributed by atoms with E-state index in [1.807, 2.05) is 6.07 Å². The highest BCUT2D eigenvalue weighted by molar-refractivity contribution is 6.31. The zero-order valence-electron chi connectivity index (χ0n) is 26.0. The zero-order valence-corrected chi connectivity index (χ0v) is 27.5. The Kier molecular flexibility index (Phi) is 11.4. The first-order chi connectivity index (χ1) is 21.4. The molecule has 2 aromatic carbocycles. The molecule has 11 heteroatoms. The predicted octanol–water partition coefficient (Wildman–Crippen LogP) is 8.09. The lowest BCUT2D eigenvalue weighted by Crippen LogP contribution is -2.27. The molecule has 2 heterocycles. The average Bonchev–Trinajstić information content (AvgIpc) is 2.96. The normalized spacial score (nSPS) is 11.3. The van der Waals surface area contributed by atoms with Gasteiger partial charge in [-0.1, -0.05) is 61.3 Å². The van der Waals surface area contributed by atoms with Crippen LogP contribution < -0.4 is 0 Å². The highest BCUT2D eigenvalue weighted by atomic mass is 35.5. The number of hydrogen-bond acceptors (Lipinski definition) is 8. The van der Waals surface area contributed by atoms with Crippen molar-refractivity contribution >= 4 is 46.5 Å². The Hall–Kier alpha value is -4.60. The molecule has 4 rings (SSSR count). The summed E-state index contributed by atoms with van der Waals surface area (Å²) < 4.78 is 0. The first-order valence-electron chi connectivity index (χ1n) is 14.1. The zero-order chi connectivity index (χ0) is 34.4. The molecule has 0 fully saturated rings. The Bertz CT molecular complexity index is 1670. The number of nitrogens with zero attached hydrogens (tertiary/aromatic N) is 2. The summed E-state index contributed by atoms with van der Waals surface area (Å²) in [5.74, 6) is -2.53. The van der Waals surface area contributed by atoms with Crippen LogP contribution in [-0.4, -0.2) is 48.6 Å². The highest BCUT2D eigenvalue weighted by Crippen LogP contribution is 2.31. The summed E-state index contributed by atoms with van der Waals surface area (Å²) in [6, 6.07) is 17.0. The summed E-state index contributed by atoms with van der Waals surface area (Å²) in [6.07, 6.45) is 2.71. The van der Waals surface area contributed by atoms with Crippen LogP contribution in [0.2, 0.25) is 10.0 Å². The predicted molar refractivity (Wildman–Crippen MR) is 176 cm³/mol. The second-order valence-electron chi connectivity index (χ2n) is 12.0. The lowest BCUT2D eigenvalue weighted by Gasteiger charge is -2.19. The lowest BCUT2D eigenvalue weighted by molar-refractivity contribution is -0.146. The van der Waals surface area contributed by atoms with E-state index in [0.29, 0.717) is 21.2 Å². The molecule has 240 valence electrons. The fraction of sp³-hybridized carbons (Fsp3) is 0.257. The van der Waals surface area contributed by atoms with Crippen molar-refractivity contribution in [3.05, 3.63) is 94.5 Å². The topological polar surface area (TPSA) is 155 Å². The number of pyridine rings is 2. The quantitative estimate of drug-likeness (QED) is 0.143. The van der Waals surface area contributed by atoms with Gasteiger partial charge in [-0.05, 0) is 68.3 Å². The number of rotatable bonds is 10. The Morgan fingerprint density at radius 2 is 1.04 bits per heavy atom. The Labute approximate surface area is 276 Å². The van der Waals surface area contributed by atoms with E-state index in [4.69, 9.17) is 28.3 Å². The van der Waals surface area contributed by atoms with Crippen molar-refractivity contribution in [2.24, 2.45) is 10.8 Å². The maximum Gasteiger partial charge on any atom is 0.309 e. The average molecular weight is 666 g/mol. The fourth-order valence-corrected chi connectivity index (χ4v) is 4.54. The van der Waals surface area contributed by atoms with Crippen LogP contribution in [0.15, 0.2) is 73.1 Å². The van der Waals surface area contributed by atoms with E-state index < -0.39 is 22.6 Å². The first-order valence-corrected chi connectivity index (χ1v) is 14.9. The van der Waals surface area contributed by atoms with E-state index in [1.165, 1.54) is 45.3 Å². The largest absolute Gasteiger partial charge is 0.506 e. The number of carboxylic acid groups (broad SMARTS) is 1. The summed E-state index contributed by atoms with van der Waals surface area (Å²) >= 11 is 11.9. The molecule has 46 heavy (non-hydrogen) atoms. The van der Waals surface area contributed by atoms with Gasteiger partial charge in [-0.15, -0.1) is 0 Å². The molecule has 0 atom stereocenters. The summed E-state index contributed by atoms with van der Waals surface area (Å²) in [4.78, 5) is 55.2. The third-order valence-electron chi connectivity index (χ3n) is 7.32. The van der Waals surface area contributed by atoms with Crippen molar-refractivity contribution in [1.82, 2.24) is 9.97 Å². The van der Waals surface area contributed by atoms with Crippen molar-refractivity contribution in [3.63, 3.8) is 0 Å². The van der Waals surface area contributed by atoms with Crippen LogP contribution >= 0.6 is 23.2 Å². The molecule has 0 saturated heterocycles. The molecule has 0 aliphatic heterocycles. The van der Waals surface area contributed by atoms with Gasteiger partial charge in [0.1, 0.15) is 28.7 Å². The molecule has 0 amide bonds. The second kappa shape index (κ2) is 14.7. The van der Waals surface area contributed by atoms with E-state index >= 15 is 0 Å². The van der Waals surface area contributed by atoms with Crippen LogP contribution in [0.1, 0.15) is 68.4 Å². The van der Waals surface area contributed by atoms with Gasteiger partial charge in [0.2, 0.25) is 0 Å². The van der Waals surface area contributed by atoms with Crippen molar-refractivity contribution in [2.75, 3.05) is 0 Å². The van der Waals surface area contributed by atoms with Gasteiger partial charge in [0.05, 0.1) is 5.41 Å². The molecule has 0 aliphatic rings. The van der Waals surface area contributed by atoms with Crippen LogP contribution in [0.4, 0.5) is 0 Å². The number of hydrogen-bond donors (Lipinski definition) is 3. The van der Waals surface area contributed by atoms with Crippen LogP contribution in [0.3, 0.4) is 0 Å². The van der Waals surface area contributed by atoms with E-state index in [9.17, 15) is 29.4 Å². The van der Waals surface area contributed by atoms with Crippen molar-refractivity contribution < 1.29 is 34.5 Å². The van der Waals surface area contributed by atoms with E-state index in [0.717, 1.165) is 11.1 Å². The summed E-state index contributed by atoms with van der Waals surface area (Å²) in [5, 5.41) is 30.4. The Balaban J connectivity index is 0.000000250. The van der Waals surface area contributed by atoms with Crippen LogP contribution in [-0.2, 0) is 9.59 Å². The van der Waals surface area contributed by atoms with E-state index in [-0.39, 0.29) is 47.3 Å². The number of carboxylic acids is 1. The number of halogens is 2. The van der Waals surface area contributed by atoms with Gasteiger partial charge in [-0.2, -0.15) is 0 Å². The first kappa shape index (κ1) is 35.9. The molecule has 0 spiro atoms. The third kappa shape index (κ3) is 9.22. The van der Waals surface area contributed by atoms with Crippen molar-refractivity contribution in [3.8, 4) is 33.8 Å². The summed E-state index contributed by atoms with van der Waals surface area (Å²) in [6.45, 7) is 7.74. The maximum atomic E-state index is 12.3. The number of aromatic hydroxyl groups is 2. The minimum absolute atomic E-state index is 0.000590. The Morgan fingerprint density at radius 1 is 0.652 bits per heavy atom. The lowest BCUT2D eigenvalue weighted by atomic mass is 9.83. The van der Waals surface area contributed by atoms with Crippen molar-refractivity contribution in [2.45, 2.75) is 47.5 Å². The minimum atomic E-state index is -1.23. The van der Waals surface area contributed by atoms with Crippen molar-refractivity contribution in [1.29, 1.82) is 0 Å². The molecule has 4 aromatic rings. The number of aromatic nitrogens is 2. The number of carbonyl (C=O) groups is 4.